The summed E-state index contributed by atoms with van der Waals surface area (Å²) in [6, 6.07) is 22.8. The molecule has 1 N–H and O–H groups in total. The standard InChI is InChI=1S/C32H36N4O4/c1-21(2)19-35(32(38)26-14-13-25(39-5)17-29(26)40-6)20-31(37)33-30-18-27(24-10-8-7-9-11-24)34-36(30)28-15-12-22(3)16-23(28)4/h7-18,21H,19-20H2,1-6H3,(H,33,37). The highest BCUT2D eigenvalue weighted by atomic mass is 16.5. The molecule has 4 rings (SSSR count). The smallest absolute Gasteiger partial charge is 0.258 e. The zero-order valence-electron chi connectivity index (χ0n) is 23.9. The molecule has 0 aliphatic rings. The van der Waals surface area contributed by atoms with Crippen LogP contribution in [0.4, 0.5) is 5.82 Å². The summed E-state index contributed by atoms with van der Waals surface area (Å²) in [5.41, 5.74) is 5.06. The molecule has 0 saturated carbocycles. The average molecular weight is 541 g/mol. The van der Waals surface area contributed by atoms with E-state index in [9.17, 15) is 9.59 Å². The van der Waals surface area contributed by atoms with Crippen LogP contribution in [0.25, 0.3) is 16.9 Å². The van der Waals surface area contributed by atoms with Crippen LogP contribution >= 0.6 is 0 Å². The molecule has 0 atom stereocenters. The minimum atomic E-state index is -0.327. The topological polar surface area (TPSA) is 85.7 Å². The first-order chi connectivity index (χ1) is 19.2. The van der Waals surface area contributed by atoms with Crippen LogP contribution in [0.5, 0.6) is 11.5 Å². The van der Waals surface area contributed by atoms with Crippen molar-refractivity contribution in [2.75, 3.05) is 32.6 Å². The molecule has 0 spiro atoms. The van der Waals surface area contributed by atoms with E-state index in [1.54, 1.807) is 34.9 Å². The van der Waals surface area contributed by atoms with Crippen LogP contribution in [-0.2, 0) is 4.79 Å². The van der Waals surface area contributed by atoms with Crippen LogP contribution in [-0.4, -0.2) is 53.8 Å². The van der Waals surface area contributed by atoms with Crippen molar-refractivity contribution >= 4 is 17.6 Å². The summed E-state index contributed by atoms with van der Waals surface area (Å²) in [5.74, 6) is 1.01. The molecule has 3 aromatic carbocycles. The number of rotatable bonds is 10. The number of aryl methyl sites for hydroxylation is 2. The Morgan fingerprint density at radius 1 is 0.950 bits per heavy atom. The van der Waals surface area contributed by atoms with Crippen molar-refractivity contribution in [3.8, 4) is 28.4 Å². The Hall–Kier alpha value is -4.59. The fraction of sp³-hybridized carbons (Fsp3) is 0.281. The summed E-state index contributed by atoms with van der Waals surface area (Å²) in [6.45, 7) is 8.33. The van der Waals surface area contributed by atoms with Crippen molar-refractivity contribution in [1.82, 2.24) is 14.7 Å². The fourth-order valence-electron chi connectivity index (χ4n) is 4.61. The highest BCUT2D eigenvalue weighted by molar-refractivity contribution is 6.01. The molecule has 0 fully saturated rings. The van der Waals surface area contributed by atoms with E-state index in [0.717, 1.165) is 28.1 Å². The molecule has 1 aromatic heterocycles. The van der Waals surface area contributed by atoms with Gasteiger partial charge in [-0.05, 0) is 43.5 Å². The predicted octanol–water partition coefficient (Wildman–Crippen LogP) is 5.91. The number of hydrogen-bond acceptors (Lipinski definition) is 5. The molecule has 0 unspecified atom stereocenters. The van der Waals surface area contributed by atoms with Gasteiger partial charge >= 0.3 is 0 Å². The molecule has 8 nitrogen and oxygen atoms in total. The first kappa shape index (κ1) is 28.4. The molecule has 4 aromatic rings. The Kier molecular flexibility index (Phi) is 8.89. The van der Waals surface area contributed by atoms with E-state index in [4.69, 9.17) is 14.6 Å². The van der Waals surface area contributed by atoms with Gasteiger partial charge in [-0.2, -0.15) is 5.10 Å². The SMILES string of the molecule is COc1ccc(C(=O)N(CC(=O)Nc2cc(-c3ccccc3)nn2-c2ccc(C)cc2C)CC(C)C)c(OC)c1. The largest absolute Gasteiger partial charge is 0.497 e. The van der Waals surface area contributed by atoms with Crippen molar-refractivity contribution in [2.45, 2.75) is 27.7 Å². The Labute approximate surface area is 235 Å². The van der Waals surface area contributed by atoms with Crippen LogP contribution in [0.2, 0.25) is 0 Å². The molecule has 8 heteroatoms. The number of methoxy groups -OCH3 is 2. The van der Waals surface area contributed by atoms with Crippen molar-refractivity contribution in [3.05, 3.63) is 89.5 Å². The zero-order chi connectivity index (χ0) is 28.8. The second kappa shape index (κ2) is 12.5. The summed E-state index contributed by atoms with van der Waals surface area (Å²) < 4.78 is 12.5. The lowest BCUT2D eigenvalue weighted by Gasteiger charge is -2.25. The van der Waals surface area contributed by atoms with Gasteiger partial charge in [0.05, 0.1) is 31.2 Å². The Balaban J connectivity index is 1.65. The quantitative estimate of drug-likeness (QED) is 0.270. The number of carbonyl (C=O) groups is 2. The molecule has 40 heavy (non-hydrogen) atoms. The fourth-order valence-corrected chi connectivity index (χ4v) is 4.61. The minimum Gasteiger partial charge on any atom is -0.497 e. The Morgan fingerprint density at radius 2 is 1.70 bits per heavy atom. The van der Waals surface area contributed by atoms with Gasteiger partial charge in [0, 0.05) is 24.2 Å². The van der Waals surface area contributed by atoms with Gasteiger partial charge in [0.25, 0.3) is 5.91 Å². The third-order valence-corrected chi connectivity index (χ3v) is 6.47. The summed E-state index contributed by atoms with van der Waals surface area (Å²) >= 11 is 0. The maximum atomic E-state index is 13.6. The van der Waals surface area contributed by atoms with Gasteiger partial charge in [0.15, 0.2) is 0 Å². The van der Waals surface area contributed by atoms with Gasteiger partial charge in [-0.15, -0.1) is 0 Å². The van der Waals surface area contributed by atoms with Crippen molar-refractivity contribution in [2.24, 2.45) is 5.92 Å². The van der Waals surface area contributed by atoms with Gasteiger partial charge in [0.2, 0.25) is 5.91 Å². The summed E-state index contributed by atoms with van der Waals surface area (Å²) in [5, 5.41) is 7.85. The molecule has 0 radical (unpaired) electrons. The Morgan fingerprint density at radius 3 is 2.35 bits per heavy atom. The number of anilines is 1. The first-order valence-electron chi connectivity index (χ1n) is 13.2. The summed E-state index contributed by atoms with van der Waals surface area (Å²) in [6.07, 6.45) is 0. The highest BCUT2D eigenvalue weighted by Crippen LogP contribution is 2.28. The lowest BCUT2D eigenvalue weighted by atomic mass is 10.1. The molecular weight excluding hydrogens is 504 g/mol. The van der Waals surface area contributed by atoms with Crippen molar-refractivity contribution < 1.29 is 19.1 Å². The van der Waals surface area contributed by atoms with E-state index in [-0.39, 0.29) is 24.3 Å². The molecule has 0 aliphatic heterocycles. The molecule has 0 aliphatic carbocycles. The number of hydrogen-bond donors (Lipinski definition) is 1. The lowest BCUT2D eigenvalue weighted by Crippen LogP contribution is -2.40. The number of nitrogens with zero attached hydrogens (tertiary/aromatic N) is 3. The van der Waals surface area contributed by atoms with E-state index < -0.39 is 0 Å². The normalized spacial score (nSPS) is 10.9. The number of amides is 2. The second-order valence-corrected chi connectivity index (χ2v) is 10.2. The first-order valence-corrected chi connectivity index (χ1v) is 13.2. The monoisotopic (exact) mass is 540 g/mol. The molecular formula is C32H36N4O4. The summed E-state index contributed by atoms with van der Waals surface area (Å²) in [4.78, 5) is 28.6. The minimum absolute atomic E-state index is 0.134. The third kappa shape index (κ3) is 6.51. The van der Waals surface area contributed by atoms with Crippen LogP contribution < -0.4 is 14.8 Å². The highest BCUT2D eigenvalue weighted by Gasteiger charge is 2.24. The summed E-state index contributed by atoms with van der Waals surface area (Å²) in [7, 11) is 3.06. The van der Waals surface area contributed by atoms with Crippen molar-refractivity contribution in [3.63, 3.8) is 0 Å². The van der Waals surface area contributed by atoms with Crippen LogP contribution in [0, 0.1) is 19.8 Å². The van der Waals surface area contributed by atoms with E-state index in [1.165, 1.54) is 7.11 Å². The zero-order valence-corrected chi connectivity index (χ0v) is 23.9. The van der Waals surface area contributed by atoms with Crippen molar-refractivity contribution in [1.29, 1.82) is 0 Å². The van der Waals surface area contributed by atoms with E-state index in [0.29, 0.717) is 29.4 Å². The number of nitrogens with one attached hydrogen (secondary N) is 1. The van der Waals surface area contributed by atoms with E-state index >= 15 is 0 Å². The lowest BCUT2D eigenvalue weighted by molar-refractivity contribution is -0.117. The number of benzene rings is 3. The predicted molar refractivity (Wildman–Crippen MR) is 157 cm³/mol. The van der Waals surface area contributed by atoms with E-state index in [2.05, 4.69) is 11.4 Å². The molecule has 1 heterocycles. The van der Waals surface area contributed by atoms with Crippen LogP contribution in [0.15, 0.2) is 72.8 Å². The maximum Gasteiger partial charge on any atom is 0.258 e. The van der Waals surface area contributed by atoms with Crippen LogP contribution in [0.1, 0.15) is 35.3 Å². The molecule has 2 amide bonds. The molecule has 0 saturated heterocycles. The number of aromatic nitrogens is 2. The van der Waals surface area contributed by atoms with Gasteiger partial charge in [-0.1, -0.05) is 61.9 Å². The molecule has 0 bridgehead atoms. The van der Waals surface area contributed by atoms with E-state index in [1.807, 2.05) is 76.2 Å². The van der Waals surface area contributed by atoms with Gasteiger partial charge in [0.1, 0.15) is 23.9 Å². The van der Waals surface area contributed by atoms with Crippen LogP contribution in [0.3, 0.4) is 0 Å². The third-order valence-electron chi connectivity index (χ3n) is 6.47. The Bertz CT molecular complexity index is 1490. The average Bonchev–Trinajstić information content (AvgIpc) is 3.35. The van der Waals surface area contributed by atoms with Gasteiger partial charge in [-0.25, -0.2) is 4.68 Å². The van der Waals surface area contributed by atoms with Gasteiger partial charge in [-0.3, -0.25) is 9.59 Å². The maximum absolute atomic E-state index is 13.6. The second-order valence-electron chi connectivity index (χ2n) is 10.2. The molecule has 208 valence electrons. The number of carbonyl (C=O) groups excluding carboxylic acids is 2. The van der Waals surface area contributed by atoms with Gasteiger partial charge < -0.3 is 19.7 Å². The number of ether oxygens (including phenoxy) is 2.